The van der Waals surface area contributed by atoms with Gasteiger partial charge in [0.1, 0.15) is 5.82 Å². The highest BCUT2D eigenvalue weighted by Crippen LogP contribution is 2.30. The summed E-state index contributed by atoms with van der Waals surface area (Å²) >= 11 is 3.64. The molecular weight excluding hydrogens is 290 g/mol. The molecular formula is C14H22BrN3. The lowest BCUT2D eigenvalue weighted by atomic mass is 9.90. The van der Waals surface area contributed by atoms with Crippen molar-refractivity contribution in [1.82, 2.24) is 4.98 Å². The highest BCUT2D eigenvalue weighted by molar-refractivity contribution is 9.10. The number of aryl methyl sites for hydroxylation is 1. The van der Waals surface area contributed by atoms with E-state index >= 15 is 0 Å². The van der Waals surface area contributed by atoms with Crippen LogP contribution in [0.25, 0.3) is 0 Å². The lowest BCUT2D eigenvalue weighted by molar-refractivity contribution is 0.376. The maximum Gasteiger partial charge on any atom is 0.143 e. The fraction of sp³-hybridized carbons (Fsp3) is 0.643. The van der Waals surface area contributed by atoms with E-state index in [0.29, 0.717) is 12.1 Å². The number of nitrogens with two attached hydrogens (primary N) is 1. The first-order valence-corrected chi connectivity index (χ1v) is 7.55. The first kappa shape index (κ1) is 13.8. The van der Waals surface area contributed by atoms with Gasteiger partial charge in [-0.25, -0.2) is 4.98 Å². The topological polar surface area (TPSA) is 42.2 Å². The van der Waals surface area contributed by atoms with E-state index in [4.69, 9.17) is 5.73 Å². The summed E-state index contributed by atoms with van der Waals surface area (Å²) in [7, 11) is 0. The predicted molar refractivity (Wildman–Crippen MR) is 79.9 cm³/mol. The molecule has 0 unspecified atom stereocenters. The molecule has 1 heterocycles. The Hall–Kier alpha value is -0.610. The number of hydrogen-bond donors (Lipinski definition) is 1. The number of pyridine rings is 1. The second kappa shape index (κ2) is 6.02. The molecule has 1 aromatic heterocycles. The molecule has 1 aromatic rings. The zero-order valence-electron chi connectivity index (χ0n) is 11.2. The quantitative estimate of drug-likeness (QED) is 0.931. The van der Waals surface area contributed by atoms with Gasteiger partial charge >= 0.3 is 0 Å². The lowest BCUT2D eigenvalue weighted by Gasteiger charge is -2.36. The molecule has 2 N–H and O–H groups in total. The number of hydrogen-bond acceptors (Lipinski definition) is 3. The van der Waals surface area contributed by atoms with Crippen LogP contribution in [0, 0.1) is 6.92 Å². The van der Waals surface area contributed by atoms with Crippen molar-refractivity contribution in [3.05, 3.63) is 22.3 Å². The second-order valence-electron chi connectivity index (χ2n) is 5.17. The van der Waals surface area contributed by atoms with Gasteiger partial charge in [0.25, 0.3) is 0 Å². The van der Waals surface area contributed by atoms with E-state index in [1.807, 2.05) is 6.20 Å². The Morgan fingerprint density at radius 2 is 2.06 bits per heavy atom. The first-order chi connectivity index (χ1) is 8.61. The summed E-state index contributed by atoms with van der Waals surface area (Å²) in [5.41, 5.74) is 7.17. The summed E-state index contributed by atoms with van der Waals surface area (Å²) in [6, 6.07) is 3.12. The van der Waals surface area contributed by atoms with Crippen LogP contribution in [0.5, 0.6) is 0 Å². The Morgan fingerprint density at radius 3 is 2.61 bits per heavy atom. The van der Waals surface area contributed by atoms with Crippen LogP contribution in [0.15, 0.2) is 16.7 Å². The summed E-state index contributed by atoms with van der Waals surface area (Å²) in [5.74, 6) is 1.07. The Kier molecular flexibility index (Phi) is 4.62. The summed E-state index contributed by atoms with van der Waals surface area (Å²) in [4.78, 5) is 7.00. The van der Waals surface area contributed by atoms with Crippen molar-refractivity contribution in [1.29, 1.82) is 0 Å². The zero-order valence-corrected chi connectivity index (χ0v) is 12.8. The molecule has 0 aliphatic heterocycles. The van der Waals surface area contributed by atoms with E-state index < -0.39 is 0 Å². The van der Waals surface area contributed by atoms with E-state index in [9.17, 15) is 0 Å². The molecule has 0 spiro atoms. The van der Waals surface area contributed by atoms with Gasteiger partial charge in [-0.15, -0.1) is 0 Å². The Morgan fingerprint density at radius 1 is 1.39 bits per heavy atom. The fourth-order valence-corrected chi connectivity index (χ4v) is 3.42. The fourth-order valence-electron chi connectivity index (χ4n) is 2.73. The van der Waals surface area contributed by atoms with Gasteiger partial charge in [0.05, 0.1) is 4.47 Å². The monoisotopic (exact) mass is 311 g/mol. The van der Waals surface area contributed by atoms with Crippen molar-refractivity contribution in [3.8, 4) is 0 Å². The minimum absolute atomic E-state index is 0.398. The number of rotatable bonds is 3. The molecule has 4 heteroatoms. The minimum Gasteiger partial charge on any atom is -0.353 e. The van der Waals surface area contributed by atoms with Crippen LogP contribution in [0.1, 0.15) is 38.2 Å². The molecule has 0 atom stereocenters. The van der Waals surface area contributed by atoms with E-state index in [1.54, 1.807) is 0 Å². The molecule has 0 bridgehead atoms. The summed E-state index contributed by atoms with van der Waals surface area (Å²) < 4.78 is 1.10. The number of halogens is 1. The summed E-state index contributed by atoms with van der Waals surface area (Å²) in [6.45, 7) is 5.26. The lowest BCUT2D eigenvalue weighted by Crippen LogP contribution is -2.41. The van der Waals surface area contributed by atoms with Gasteiger partial charge in [0.15, 0.2) is 0 Å². The molecule has 0 radical (unpaired) electrons. The third kappa shape index (κ3) is 3.04. The van der Waals surface area contributed by atoms with Crippen molar-refractivity contribution in [2.75, 3.05) is 11.4 Å². The van der Waals surface area contributed by atoms with Gasteiger partial charge in [-0.05, 0) is 67.1 Å². The van der Waals surface area contributed by atoms with Gasteiger partial charge in [-0.3, -0.25) is 0 Å². The standard InChI is InChI=1S/C14H22BrN3/c1-3-18(12-6-4-11(16)5-7-12)14-13(15)8-10(2)9-17-14/h8-9,11-12H,3-7,16H2,1-2H3. The average molecular weight is 312 g/mol. The Bertz CT molecular complexity index is 400. The van der Waals surface area contributed by atoms with E-state index in [1.165, 1.54) is 18.4 Å². The molecule has 1 fully saturated rings. The Labute approximate surface area is 118 Å². The third-order valence-corrected chi connectivity index (χ3v) is 4.34. The van der Waals surface area contributed by atoms with Crippen LogP contribution in [0.4, 0.5) is 5.82 Å². The zero-order chi connectivity index (χ0) is 13.1. The van der Waals surface area contributed by atoms with E-state index in [2.05, 4.69) is 45.7 Å². The molecule has 1 aliphatic carbocycles. The van der Waals surface area contributed by atoms with Crippen molar-refractivity contribution in [3.63, 3.8) is 0 Å². The van der Waals surface area contributed by atoms with E-state index in [-0.39, 0.29) is 0 Å². The maximum absolute atomic E-state index is 5.98. The molecule has 1 aliphatic rings. The maximum atomic E-state index is 5.98. The van der Waals surface area contributed by atoms with Gasteiger partial charge in [-0.1, -0.05) is 0 Å². The second-order valence-corrected chi connectivity index (χ2v) is 6.03. The molecule has 0 saturated heterocycles. The average Bonchev–Trinajstić information content (AvgIpc) is 2.35. The molecule has 100 valence electrons. The molecule has 3 nitrogen and oxygen atoms in total. The number of nitrogens with zero attached hydrogens (tertiary/aromatic N) is 2. The van der Waals surface area contributed by atoms with Crippen molar-refractivity contribution < 1.29 is 0 Å². The summed E-state index contributed by atoms with van der Waals surface area (Å²) in [6.07, 6.45) is 6.56. The molecule has 1 saturated carbocycles. The van der Waals surface area contributed by atoms with E-state index in [0.717, 1.165) is 29.7 Å². The normalized spacial score (nSPS) is 24.0. The first-order valence-electron chi connectivity index (χ1n) is 6.76. The van der Waals surface area contributed by atoms with Crippen molar-refractivity contribution in [2.24, 2.45) is 5.73 Å². The predicted octanol–water partition coefficient (Wildman–Crippen LogP) is 3.25. The number of anilines is 1. The van der Waals surface area contributed by atoms with Crippen LogP contribution >= 0.6 is 15.9 Å². The van der Waals surface area contributed by atoms with Gasteiger partial charge in [0.2, 0.25) is 0 Å². The van der Waals surface area contributed by atoms with Crippen molar-refractivity contribution in [2.45, 2.75) is 51.6 Å². The molecule has 0 amide bonds. The number of aromatic nitrogens is 1. The summed E-state index contributed by atoms with van der Waals surface area (Å²) in [5, 5.41) is 0. The van der Waals surface area contributed by atoms with Crippen LogP contribution < -0.4 is 10.6 Å². The highest BCUT2D eigenvalue weighted by atomic mass is 79.9. The van der Waals surface area contributed by atoms with Crippen LogP contribution in [-0.4, -0.2) is 23.6 Å². The van der Waals surface area contributed by atoms with Gasteiger partial charge < -0.3 is 10.6 Å². The SMILES string of the molecule is CCN(c1ncc(C)cc1Br)C1CCC(N)CC1. The molecule has 0 aromatic carbocycles. The highest BCUT2D eigenvalue weighted by Gasteiger charge is 2.25. The molecule has 18 heavy (non-hydrogen) atoms. The third-order valence-electron chi connectivity index (χ3n) is 3.75. The van der Waals surface area contributed by atoms with Gasteiger partial charge in [0, 0.05) is 24.8 Å². The smallest absolute Gasteiger partial charge is 0.143 e. The minimum atomic E-state index is 0.398. The Balaban J connectivity index is 2.17. The van der Waals surface area contributed by atoms with Crippen molar-refractivity contribution >= 4 is 21.7 Å². The largest absolute Gasteiger partial charge is 0.353 e. The molecule has 2 rings (SSSR count). The van der Waals surface area contributed by atoms with Crippen LogP contribution in [-0.2, 0) is 0 Å². The van der Waals surface area contributed by atoms with Crippen LogP contribution in [0.3, 0.4) is 0 Å². The van der Waals surface area contributed by atoms with Gasteiger partial charge in [-0.2, -0.15) is 0 Å². The van der Waals surface area contributed by atoms with Crippen LogP contribution in [0.2, 0.25) is 0 Å².